The normalized spacial score (nSPS) is 10.1. The largest absolute Gasteiger partial charge is 0.465 e. The van der Waals surface area contributed by atoms with Gasteiger partial charge in [0.15, 0.2) is 12.4 Å². The highest BCUT2D eigenvalue weighted by molar-refractivity contribution is 5.91. The number of anilines is 1. The number of pyridine rings is 1. The lowest BCUT2D eigenvalue weighted by atomic mass is 10.2. The molecule has 0 aliphatic carbocycles. The predicted octanol–water partition coefficient (Wildman–Crippen LogP) is 0.417. The molecule has 2 heterocycles. The number of amides is 1. The first-order valence-corrected chi connectivity index (χ1v) is 6.42. The molecule has 0 bridgehead atoms. The molecule has 21 heavy (non-hydrogen) atoms. The number of ether oxygens (including phenoxy) is 1. The highest BCUT2D eigenvalue weighted by Crippen LogP contribution is 2.03. The number of carbonyl (C=O) groups is 2. The number of nitrogens with zero attached hydrogens (tertiary/aromatic N) is 4. The smallest absolute Gasteiger partial charge is 0.329 e. The molecule has 0 saturated heterocycles. The first-order chi connectivity index (χ1) is 10.2. The Labute approximate surface area is 121 Å². The zero-order valence-electron chi connectivity index (χ0n) is 11.5. The monoisotopic (exact) mass is 289 g/mol. The SMILES string of the molecule is CCOC(=O)Cn1ncc(NC(=O)Cc2ccncc2)n1. The Hall–Kier alpha value is -2.77. The molecule has 0 aliphatic rings. The molecule has 0 atom stereocenters. The van der Waals surface area contributed by atoms with E-state index in [0.717, 1.165) is 5.56 Å². The van der Waals surface area contributed by atoms with Crippen LogP contribution in [-0.2, 0) is 27.3 Å². The van der Waals surface area contributed by atoms with E-state index in [1.165, 1.54) is 11.0 Å². The van der Waals surface area contributed by atoms with Crippen molar-refractivity contribution in [2.75, 3.05) is 11.9 Å². The van der Waals surface area contributed by atoms with Gasteiger partial charge in [0.25, 0.3) is 0 Å². The van der Waals surface area contributed by atoms with Crippen LogP contribution >= 0.6 is 0 Å². The quantitative estimate of drug-likeness (QED) is 0.774. The van der Waals surface area contributed by atoms with Crippen molar-refractivity contribution < 1.29 is 14.3 Å². The molecule has 0 unspecified atom stereocenters. The third-order valence-corrected chi connectivity index (χ3v) is 2.49. The van der Waals surface area contributed by atoms with Gasteiger partial charge in [0.2, 0.25) is 5.91 Å². The van der Waals surface area contributed by atoms with Gasteiger partial charge in [-0.3, -0.25) is 9.78 Å². The van der Waals surface area contributed by atoms with Crippen molar-refractivity contribution in [2.24, 2.45) is 0 Å². The summed E-state index contributed by atoms with van der Waals surface area (Å²) in [5.74, 6) is -0.356. The molecule has 0 saturated carbocycles. The van der Waals surface area contributed by atoms with Crippen LogP contribution in [-0.4, -0.2) is 38.5 Å². The van der Waals surface area contributed by atoms with E-state index in [9.17, 15) is 9.59 Å². The van der Waals surface area contributed by atoms with E-state index in [4.69, 9.17) is 4.74 Å². The van der Waals surface area contributed by atoms with Crippen LogP contribution in [0.3, 0.4) is 0 Å². The van der Waals surface area contributed by atoms with Gasteiger partial charge < -0.3 is 10.1 Å². The summed E-state index contributed by atoms with van der Waals surface area (Å²) in [6.07, 6.45) is 4.84. The summed E-state index contributed by atoms with van der Waals surface area (Å²) in [5, 5.41) is 10.5. The molecule has 0 radical (unpaired) electrons. The minimum absolute atomic E-state index is 0.0892. The van der Waals surface area contributed by atoms with Gasteiger partial charge in [0, 0.05) is 12.4 Å². The van der Waals surface area contributed by atoms with Crippen LogP contribution in [0.2, 0.25) is 0 Å². The summed E-state index contributed by atoms with van der Waals surface area (Å²) >= 11 is 0. The second-order valence-electron chi connectivity index (χ2n) is 4.15. The Bertz CT molecular complexity index is 611. The zero-order valence-corrected chi connectivity index (χ0v) is 11.5. The number of rotatable bonds is 6. The van der Waals surface area contributed by atoms with Crippen LogP contribution in [0, 0.1) is 0 Å². The molecule has 2 rings (SSSR count). The van der Waals surface area contributed by atoms with E-state index in [2.05, 4.69) is 20.5 Å². The van der Waals surface area contributed by atoms with E-state index in [0.29, 0.717) is 12.4 Å². The Balaban J connectivity index is 1.87. The first kappa shape index (κ1) is 14.6. The van der Waals surface area contributed by atoms with Gasteiger partial charge in [-0.15, -0.1) is 5.10 Å². The number of hydrogen-bond acceptors (Lipinski definition) is 6. The third kappa shape index (κ3) is 4.68. The maximum absolute atomic E-state index is 11.8. The molecular formula is C13H15N5O3. The number of nitrogens with one attached hydrogen (secondary N) is 1. The van der Waals surface area contributed by atoms with Crippen molar-refractivity contribution in [3.8, 4) is 0 Å². The number of hydrogen-bond donors (Lipinski definition) is 1. The van der Waals surface area contributed by atoms with Crippen LogP contribution in [0.4, 0.5) is 5.82 Å². The van der Waals surface area contributed by atoms with Crippen molar-refractivity contribution in [3.05, 3.63) is 36.3 Å². The summed E-state index contributed by atoms with van der Waals surface area (Å²) in [5.41, 5.74) is 0.849. The van der Waals surface area contributed by atoms with Gasteiger partial charge in [-0.05, 0) is 24.6 Å². The Morgan fingerprint density at radius 3 is 2.81 bits per heavy atom. The molecule has 0 spiro atoms. The Morgan fingerprint density at radius 1 is 1.33 bits per heavy atom. The molecule has 1 amide bonds. The topological polar surface area (TPSA) is 99.0 Å². The van der Waals surface area contributed by atoms with Crippen LogP contribution in [0.15, 0.2) is 30.7 Å². The van der Waals surface area contributed by atoms with Crippen LogP contribution < -0.4 is 5.32 Å². The molecule has 8 nitrogen and oxygen atoms in total. The number of aromatic nitrogens is 4. The van der Waals surface area contributed by atoms with E-state index >= 15 is 0 Å². The average molecular weight is 289 g/mol. The fourth-order valence-electron chi connectivity index (χ4n) is 1.63. The molecule has 0 aliphatic heterocycles. The van der Waals surface area contributed by atoms with Crippen LogP contribution in [0.25, 0.3) is 0 Å². The average Bonchev–Trinajstić information content (AvgIpc) is 2.87. The van der Waals surface area contributed by atoms with E-state index in [1.807, 2.05) is 0 Å². The van der Waals surface area contributed by atoms with Crippen LogP contribution in [0.1, 0.15) is 12.5 Å². The van der Waals surface area contributed by atoms with Crippen molar-refractivity contribution in [1.29, 1.82) is 0 Å². The maximum atomic E-state index is 11.8. The lowest BCUT2D eigenvalue weighted by Crippen LogP contribution is -2.17. The molecule has 1 N–H and O–H groups in total. The summed E-state index contributed by atoms with van der Waals surface area (Å²) < 4.78 is 4.78. The van der Waals surface area contributed by atoms with Gasteiger partial charge in [-0.2, -0.15) is 9.90 Å². The Morgan fingerprint density at radius 2 is 2.10 bits per heavy atom. The summed E-state index contributed by atoms with van der Waals surface area (Å²) in [7, 11) is 0. The van der Waals surface area contributed by atoms with E-state index < -0.39 is 5.97 Å². The Kier molecular flexibility index (Phi) is 4.97. The lowest BCUT2D eigenvalue weighted by molar-refractivity contribution is -0.144. The standard InChI is InChI=1S/C13H15N5O3/c1-2-21-13(20)9-18-15-8-11(17-18)16-12(19)7-10-3-5-14-6-4-10/h3-6,8H,2,7,9H2,1H3,(H,16,17,19). The summed E-state index contributed by atoms with van der Waals surface area (Å²) in [6.45, 7) is 1.93. The van der Waals surface area contributed by atoms with Crippen LogP contribution in [0.5, 0.6) is 0 Å². The molecular weight excluding hydrogens is 274 g/mol. The fraction of sp³-hybridized carbons (Fsp3) is 0.308. The van der Waals surface area contributed by atoms with Crippen molar-refractivity contribution in [1.82, 2.24) is 20.0 Å². The predicted molar refractivity (Wildman–Crippen MR) is 73.2 cm³/mol. The van der Waals surface area contributed by atoms with E-state index in [1.54, 1.807) is 31.5 Å². The lowest BCUT2D eigenvalue weighted by Gasteiger charge is -2.02. The van der Waals surface area contributed by atoms with Gasteiger partial charge in [-0.25, -0.2) is 4.79 Å². The second kappa shape index (κ2) is 7.13. The minimum Gasteiger partial charge on any atom is -0.465 e. The zero-order chi connectivity index (χ0) is 15.1. The summed E-state index contributed by atoms with van der Waals surface area (Å²) in [6, 6.07) is 3.52. The summed E-state index contributed by atoms with van der Waals surface area (Å²) in [4.78, 5) is 28.1. The molecule has 110 valence electrons. The van der Waals surface area contributed by atoms with Gasteiger partial charge in [-0.1, -0.05) is 0 Å². The molecule has 8 heteroatoms. The van der Waals surface area contributed by atoms with Crippen molar-refractivity contribution >= 4 is 17.7 Å². The highest BCUT2D eigenvalue weighted by atomic mass is 16.5. The van der Waals surface area contributed by atoms with E-state index in [-0.39, 0.29) is 18.9 Å². The molecule has 0 fully saturated rings. The number of esters is 1. The van der Waals surface area contributed by atoms with Gasteiger partial charge in [0.1, 0.15) is 0 Å². The van der Waals surface area contributed by atoms with Gasteiger partial charge in [0.05, 0.1) is 19.2 Å². The van der Waals surface area contributed by atoms with Crippen molar-refractivity contribution in [3.63, 3.8) is 0 Å². The molecule has 0 aromatic carbocycles. The van der Waals surface area contributed by atoms with Gasteiger partial charge >= 0.3 is 5.97 Å². The number of carbonyl (C=O) groups excluding carboxylic acids is 2. The molecule has 2 aromatic heterocycles. The maximum Gasteiger partial charge on any atom is 0.329 e. The first-order valence-electron chi connectivity index (χ1n) is 6.42. The minimum atomic E-state index is -0.428. The fourth-order valence-corrected chi connectivity index (χ4v) is 1.63. The van der Waals surface area contributed by atoms with Crippen molar-refractivity contribution in [2.45, 2.75) is 19.9 Å². The second-order valence-corrected chi connectivity index (χ2v) is 4.15. The highest BCUT2D eigenvalue weighted by Gasteiger charge is 2.09. The third-order valence-electron chi connectivity index (χ3n) is 2.49. The molecule has 2 aromatic rings.